The molecule has 1 atom stereocenters. The van der Waals surface area contributed by atoms with E-state index < -0.39 is 0 Å². The van der Waals surface area contributed by atoms with Crippen molar-refractivity contribution < 1.29 is 23.8 Å². The van der Waals surface area contributed by atoms with E-state index in [1.807, 2.05) is 42.5 Å². The van der Waals surface area contributed by atoms with Crippen LogP contribution in [0, 0.1) is 0 Å². The summed E-state index contributed by atoms with van der Waals surface area (Å²) in [6, 6.07) is 13.0. The van der Waals surface area contributed by atoms with Crippen molar-refractivity contribution >= 4 is 35.0 Å². The van der Waals surface area contributed by atoms with Crippen molar-refractivity contribution in [1.82, 2.24) is 0 Å². The molecule has 7 nitrogen and oxygen atoms in total. The van der Waals surface area contributed by atoms with Crippen LogP contribution in [0.15, 0.2) is 42.5 Å². The molecule has 1 N–H and O–H groups in total. The van der Waals surface area contributed by atoms with Crippen LogP contribution in [0.3, 0.4) is 0 Å². The first-order valence-electron chi connectivity index (χ1n) is 8.38. The van der Waals surface area contributed by atoms with Gasteiger partial charge in [0.05, 0.1) is 5.75 Å². The molecular formula is C19H18N2O5S. The first-order chi connectivity index (χ1) is 13.2. The number of rotatable bonds is 5. The molecular weight excluding hydrogens is 368 g/mol. The molecule has 2 amide bonds. The van der Waals surface area contributed by atoms with Crippen molar-refractivity contribution in [3.8, 4) is 11.5 Å². The van der Waals surface area contributed by atoms with E-state index in [1.165, 1.54) is 7.11 Å². The normalized spacial score (nSPS) is 18.0. The van der Waals surface area contributed by atoms with Crippen LogP contribution in [0.2, 0.25) is 0 Å². The number of carbonyl (C=O) groups is 2. The van der Waals surface area contributed by atoms with Crippen LogP contribution < -0.4 is 19.7 Å². The zero-order valence-corrected chi connectivity index (χ0v) is 15.5. The summed E-state index contributed by atoms with van der Waals surface area (Å²) in [7, 11) is 1.47. The van der Waals surface area contributed by atoms with Crippen LogP contribution in [-0.4, -0.2) is 38.1 Å². The first-order valence-corrected chi connectivity index (χ1v) is 9.42. The van der Waals surface area contributed by atoms with Crippen LogP contribution in [0.1, 0.15) is 10.9 Å². The Hall–Kier alpha value is -2.71. The molecule has 2 aromatic carbocycles. The molecule has 2 aliphatic heterocycles. The molecule has 8 heteroatoms. The zero-order chi connectivity index (χ0) is 18.8. The number of hydrogen-bond donors (Lipinski definition) is 1. The van der Waals surface area contributed by atoms with E-state index in [0.29, 0.717) is 22.9 Å². The monoisotopic (exact) mass is 386 g/mol. The summed E-state index contributed by atoms with van der Waals surface area (Å²) in [5.41, 5.74) is 2.44. The van der Waals surface area contributed by atoms with Crippen molar-refractivity contribution in [3.63, 3.8) is 0 Å². The minimum Gasteiger partial charge on any atom is -0.454 e. The molecule has 1 fully saturated rings. The Balaban J connectivity index is 1.55. The van der Waals surface area contributed by atoms with Gasteiger partial charge in [0.2, 0.25) is 18.6 Å². The Labute approximate surface area is 160 Å². The van der Waals surface area contributed by atoms with Crippen molar-refractivity contribution in [2.45, 2.75) is 5.37 Å². The number of anilines is 2. The Morgan fingerprint density at radius 3 is 2.78 bits per heavy atom. The first kappa shape index (κ1) is 17.7. The number of methoxy groups -OCH3 is 1. The number of nitrogens with one attached hydrogen (secondary N) is 1. The van der Waals surface area contributed by atoms with Gasteiger partial charge in [0.25, 0.3) is 0 Å². The lowest BCUT2D eigenvalue weighted by molar-refractivity contribution is -0.119. The van der Waals surface area contributed by atoms with Gasteiger partial charge in [-0.1, -0.05) is 12.1 Å². The van der Waals surface area contributed by atoms with Gasteiger partial charge in [-0.2, -0.15) is 0 Å². The third-order valence-corrected chi connectivity index (χ3v) is 5.47. The zero-order valence-electron chi connectivity index (χ0n) is 14.6. The minimum atomic E-state index is -0.211. The van der Waals surface area contributed by atoms with Gasteiger partial charge in [-0.15, -0.1) is 11.8 Å². The lowest BCUT2D eigenvalue weighted by atomic mass is 10.1. The van der Waals surface area contributed by atoms with Gasteiger partial charge in [0, 0.05) is 24.6 Å². The number of ether oxygens (including phenoxy) is 3. The highest BCUT2D eigenvalue weighted by atomic mass is 32.2. The average Bonchev–Trinajstić information content (AvgIpc) is 3.28. The summed E-state index contributed by atoms with van der Waals surface area (Å²) in [5, 5.41) is 2.62. The Kier molecular flexibility index (Phi) is 4.91. The number of carbonyl (C=O) groups excluding carboxylic acids is 2. The molecule has 0 bridgehead atoms. The van der Waals surface area contributed by atoms with Crippen LogP contribution >= 0.6 is 11.8 Å². The van der Waals surface area contributed by atoms with Crippen molar-refractivity contribution in [2.24, 2.45) is 0 Å². The molecule has 0 spiro atoms. The van der Waals surface area contributed by atoms with Gasteiger partial charge in [-0.05, 0) is 29.8 Å². The van der Waals surface area contributed by atoms with Gasteiger partial charge < -0.3 is 19.5 Å². The number of nitrogens with zero attached hydrogens (tertiary/aromatic N) is 1. The van der Waals surface area contributed by atoms with Crippen LogP contribution in [0.5, 0.6) is 11.5 Å². The fourth-order valence-electron chi connectivity index (χ4n) is 3.04. The van der Waals surface area contributed by atoms with Gasteiger partial charge in [-0.25, -0.2) is 0 Å². The number of hydrogen-bond acceptors (Lipinski definition) is 6. The van der Waals surface area contributed by atoms with E-state index in [2.05, 4.69) is 5.32 Å². The van der Waals surface area contributed by atoms with E-state index in [9.17, 15) is 9.59 Å². The maximum absolute atomic E-state index is 12.5. The quantitative estimate of drug-likeness (QED) is 0.852. The molecule has 4 rings (SSSR count). The molecule has 2 heterocycles. The largest absolute Gasteiger partial charge is 0.454 e. The van der Waals surface area contributed by atoms with Gasteiger partial charge in [-0.3, -0.25) is 14.5 Å². The second kappa shape index (κ2) is 7.50. The molecule has 0 unspecified atom stereocenters. The van der Waals surface area contributed by atoms with Gasteiger partial charge in [0.1, 0.15) is 12.0 Å². The van der Waals surface area contributed by atoms with Crippen LogP contribution in [-0.2, 0) is 14.3 Å². The molecule has 0 saturated carbocycles. The summed E-state index contributed by atoms with van der Waals surface area (Å²) in [4.78, 5) is 25.9. The number of thioether (sulfide) groups is 1. The highest BCUT2D eigenvalue weighted by Gasteiger charge is 2.34. The molecule has 0 aromatic heterocycles. The lowest BCUT2D eigenvalue weighted by Gasteiger charge is -2.24. The number of benzene rings is 2. The Bertz CT molecular complexity index is 871. The van der Waals surface area contributed by atoms with Crippen molar-refractivity contribution in [2.75, 3.05) is 36.5 Å². The summed E-state index contributed by atoms with van der Waals surface area (Å²) < 4.78 is 15.6. The molecule has 0 radical (unpaired) electrons. The molecule has 1 saturated heterocycles. The molecule has 0 aliphatic carbocycles. The van der Waals surface area contributed by atoms with E-state index in [1.54, 1.807) is 16.7 Å². The molecule has 2 aromatic rings. The highest BCUT2D eigenvalue weighted by molar-refractivity contribution is 8.00. The minimum absolute atomic E-state index is 0.00657. The fourth-order valence-corrected chi connectivity index (χ4v) is 4.22. The van der Waals surface area contributed by atoms with Crippen molar-refractivity contribution in [3.05, 3.63) is 48.0 Å². The lowest BCUT2D eigenvalue weighted by Crippen LogP contribution is -2.27. The van der Waals surface area contributed by atoms with Crippen LogP contribution in [0.4, 0.5) is 11.4 Å². The summed E-state index contributed by atoms with van der Waals surface area (Å²) in [5.74, 6) is 1.57. The average molecular weight is 386 g/mol. The van der Waals surface area contributed by atoms with Gasteiger partial charge in [0.15, 0.2) is 11.5 Å². The number of amides is 2. The maximum atomic E-state index is 12.5. The molecule has 140 valence electrons. The molecule has 2 aliphatic rings. The summed E-state index contributed by atoms with van der Waals surface area (Å²) in [6.07, 6.45) is 0. The number of fused-ring (bicyclic) bond motifs is 1. The smallest absolute Gasteiger partial charge is 0.250 e. The fraction of sp³-hybridized carbons (Fsp3) is 0.263. The summed E-state index contributed by atoms with van der Waals surface area (Å²) >= 11 is 1.56. The Morgan fingerprint density at radius 2 is 2.00 bits per heavy atom. The third-order valence-electron chi connectivity index (χ3n) is 4.26. The molecule has 27 heavy (non-hydrogen) atoms. The van der Waals surface area contributed by atoms with E-state index in [-0.39, 0.29) is 30.6 Å². The second-order valence-corrected chi connectivity index (χ2v) is 7.14. The highest BCUT2D eigenvalue weighted by Crippen LogP contribution is 2.44. The second-order valence-electron chi connectivity index (χ2n) is 6.07. The predicted octanol–water partition coefficient (Wildman–Crippen LogP) is 2.78. The maximum Gasteiger partial charge on any atom is 0.250 e. The van der Waals surface area contributed by atoms with Gasteiger partial charge >= 0.3 is 0 Å². The van der Waals surface area contributed by atoms with Crippen molar-refractivity contribution in [1.29, 1.82) is 0 Å². The standard InChI is InChI=1S/C19H18N2O5S/c1-24-9-17(22)20-13-4-2-12(3-5-13)19-21(18(23)10-27-19)14-6-7-15-16(8-14)26-11-25-15/h2-8,19H,9-11H2,1H3,(H,20,22)/t19-/m1/s1. The SMILES string of the molecule is COCC(=O)Nc1ccc([C@H]2SCC(=O)N2c2ccc3c(c2)OCO3)cc1. The Morgan fingerprint density at radius 1 is 1.22 bits per heavy atom. The predicted molar refractivity (Wildman–Crippen MR) is 102 cm³/mol. The topological polar surface area (TPSA) is 77.1 Å². The van der Waals surface area contributed by atoms with E-state index >= 15 is 0 Å². The summed E-state index contributed by atoms with van der Waals surface area (Å²) in [6.45, 7) is 0.202. The van der Waals surface area contributed by atoms with E-state index in [0.717, 1.165) is 11.3 Å². The third kappa shape index (κ3) is 3.58. The van der Waals surface area contributed by atoms with Crippen LogP contribution in [0.25, 0.3) is 0 Å². The van der Waals surface area contributed by atoms with E-state index in [4.69, 9.17) is 14.2 Å².